The molecule has 1 heterocycles. The maximum absolute atomic E-state index is 11.9. The van der Waals surface area contributed by atoms with Crippen LogP contribution in [0.2, 0.25) is 5.02 Å². The van der Waals surface area contributed by atoms with Crippen molar-refractivity contribution in [2.24, 2.45) is 0 Å². The van der Waals surface area contributed by atoms with E-state index in [1.54, 1.807) is 12.1 Å². The van der Waals surface area contributed by atoms with Crippen molar-refractivity contribution >= 4 is 23.2 Å². The number of benzene rings is 1. The Hall–Kier alpha value is -1.26. The molecule has 0 saturated carbocycles. The monoisotopic (exact) mass is 282 g/mol. The van der Waals surface area contributed by atoms with Crippen LogP contribution in [0.1, 0.15) is 26.2 Å². The largest absolute Gasteiger partial charge is 0.492 e. The van der Waals surface area contributed by atoms with Crippen molar-refractivity contribution in [3.05, 3.63) is 23.2 Å². The number of hydrogen-bond acceptors (Lipinski definition) is 3. The molecule has 1 saturated heterocycles. The number of carbonyl (C=O) groups is 1. The van der Waals surface area contributed by atoms with Gasteiger partial charge in [-0.1, -0.05) is 18.5 Å². The number of nitrogens with one attached hydrogen (secondary N) is 2. The quantitative estimate of drug-likeness (QED) is 0.873. The van der Waals surface area contributed by atoms with Crippen LogP contribution in [-0.4, -0.2) is 25.1 Å². The summed E-state index contributed by atoms with van der Waals surface area (Å²) in [6.45, 7) is 3.58. The second kappa shape index (κ2) is 6.78. The zero-order valence-corrected chi connectivity index (χ0v) is 11.8. The number of anilines is 1. The average molecular weight is 283 g/mol. The molecule has 1 amide bonds. The molecule has 5 heteroatoms. The van der Waals surface area contributed by atoms with Crippen molar-refractivity contribution in [1.29, 1.82) is 0 Å². The minimum Gasteiger partial charge on any atom is -0.492 e. The van der Waals surface area contributed by atoms with Gasteiger partial charge >= 0.3 is 0 Å². The van der Waals surface area contributed by atoms with Gasteiger partial charge in [0.05, 0.1) is 17.7 Å². The second-order valence-electron chi connectivity index (χ2n) is 4.63. The topological polar surface area (TPSA) is 50.4 Å². The van der Waals surface area contributed by atoms with E-state index in [0.29, 0.717) is 23.1 Å². The maximum Gasteiger partial charge on any atom is 0.241 e. The molecule has 2 N–H and O–H groups in total. The highest BCUT2D eigenvalue weighted by Gasteiger charge is 2.21. The number of halogens is 1. The molecule has 0 spiro atoms. The van der Waals surface area contributed by atoms with Gasteiger partial charge in [-0.25, -0.2) is 0 Å². The molecule has 0 aromatic heterocycles. The molecule has 4 nitrogen and oxygen atoms in total. The predicted octanol–water partition coefficient (Wildman–Crippen LogP) is 2.82. The van der Waals surface area contributed by atoms with E-state index in [1.165, 1.54) is 0 Å². The van der Waals surface area contributed by atoms with Crippen LogP contribution >= 0.6 is 11.6 Å². The Morgan fingerprint density at radius 1 is 1.58 bits per heavy atom. The fourth-order valence-electron chi connectivity index (χ4n) is 2.05. The lowest BCUT2D eigenvalue weighted by atomic mass is 10.2. The van der Waals surface area contributed by atoms with Crippen LogP contribution in [0.3, 0.4) is 0 Å². The molecule has 1 aromatic carbocycles. The third-order valence-electron chi connectivity index (χ3n) is 3.04. The van der Waals surface area contributed by atoms with Gasteiger partial charge in [0.2, 0.25) is 5.91 Å². The summed E-state index contributed by atoms with van der Waals surface area (Å²) in [6.07, 6.45) is 2.86. The zero-order valence-electron chi connectivity index (χ0n) is 11.0. The first-order chi connectivity index (χ1) is 9.20. The molecule has 1 aliphatic heterocycles. The van der Waals surface area contributed by atoms with Crippen LogP contribution < -0.4 is 15.4 Å². The molecule has 1 aliphatic rings. The molecule has 1 aromatic rings. The highest BCUT2D eigenvalue weighted by atomic mass is 35.5. The number of amides is 1. The van der Waals surface area contributed by atoms with E-state index < -0.39 is 0 Å². The minimum atomic E-state index is -0.0882. The Kier molecular flexibility index (Phi) is 5.05. The maximum atomic E-state index is 11.9. The Labute approximate surface area is 118 Å². The van der Waals surface area contributed by atoms with Crippen LogP contribution in [0.25, 0.3) is 0 Å². The summed E-state index contributed by atoms with van der Waals surface area (Å²) >= 11 is 6.12. The summed E-state index contributed by atoms with van der Waals surface area (Å²) in [5, 5.41) is 6.55. The molecule has 0 aliphatic carbocycles. The van der Waals surface area contributed by atoms with Gasteiger partial charge in [0.25, 0.3) is 0 Å². The minimum absolute atomic E-state index is 0.00390. The van der Waals surface area contributed by atoms with Gasteiger partial charge in [-0.2, -0.15) is 0 Å². The summed E-state index contributed by atoms with van der Waals surface area (Å²) in [6, 6.07) is 5.23. The molecule has 0 radical (unpaired) electrons. The van der Waals surface area contributed by atoms with E-state index in [4.69, 9.17) is 16.3 Å². The van der Waals surface area contributed by atoms with Crippen molar-refractivity contribution in [3.63, 3.8) is 0 Å². The van der Waals surface area contributed by atoms with Gasteiger partial charge in [0.1, 0.15) is 5.75 Å². The first-order valence-electron chi connectivity index (χ1n) is 6.67. The standard InChI is InChI=1S/C14H19ClN2O2/c1-2-8-19-13-6-5-10(9-11(13)15)17-14(18)12-4-3-7-16-12/h5-6,9,12,16H,2-4,7-8H2,1H3,(H,17,18). The molecule has 2 rings (SSSR count). The summed E-state index contributed by atoms with van der Waals surface area (Å²) < 4.78 is 5.49. The first-order valence-corrected chi connectivity index (χ1v) is 7.05. The predicted molar refractivity (Wildman–Crippen MR) is 76.9 cm³/mol. The van der Waals surface area contributed by atoms with Gasteiger partial charge in [-0.05, 0) is 44.0 Å². The Bertz CT molecular complexity index is 445. The van der Waals surface area contributed by atoms with Crippen LogP contribution in [0.15, 0.2) is 18.2 Å². The molecule has 0 bridgehead atoms. The fraction of sp³-hybridized carbons (Fsp3) is 0.500. The molecule has 1 unspecified atom stereocenters. The van der Waals surface area contributed by atoms with Gasteiger partial charge in [0, 0.05) is 5.69 Å². The zero-order chi connectivity index (χ0) is 13.7. The van der Waals surface area contributed by atoms with Gasteiger partial charge < -0.3 is 15.4 Å². The average Bonchev–Trinajstić information content (AvgIpc) is 2.92. The van der Waals surface area contributed by atoms with E-state index in [0.717, 1.165) is 25.8 Å². The lowest BCUT2D eigenvalue weighted by molar-refractivity contribution is -0.117. The SMILES string of the molecule is CCCOc1ccc(NC(=O)C2CCCN2)cc1Cl. The van der Waals surface area contributed by atoms with Crippen molar-refractivity contribution in [1.82, 2.24) is 5.32 Å². The van der Waals surface area contributed by atoms with Crippen molar-refractivity contribution in [3.8, 4) is 5.75 Å². The van der Waals surface area contributed by atoms with Crippen LogP contribution in [0.5, 0.6) is 5.75 Å². The lowest BCUT2D eigenvalue weighted by Crippen LogP contribution is -2.35. The Balaban J connectivity index is 1.97. The first kappa shape index (κ1) is 14.2. The summed E-state index contributed by atoms with van der Waals surface area (Å²) in [4.78, 5) is 11.9. The van der Waals surface area contributed by atoms with E-state index >= 15 is 0 Å². The third-order valence-corrected chi connectivity index (χ3v) is 3.33. The van der Waals surface area contributed by atoms with Gasteiger partial charge in [-0.15, -0.1) is 0 Å². The van der Waals surface area contributed by atoms with Crippen LogP contribution in [0.4, 0.5) is 5.69 Å². The van der Waals surface area contributed by atoms with Crippen LogP contribution in [0, 0.1) is 0 Å². The molecule has 1 atom stereocenters. The van der Waals surface area contributed by atoms with E-state index in [-0.39, 0.29) is 11.9 Å². The summed E-state index contributed by atoms with van der Waals surface area (Å²) in [5.41, 5.74) is 0.701. The summed E-state index contributed by atoms with van der Waals surface area (Å²) in [5.74, 6) is 0.649. The van der Waals surface area contributed by atoms with E-state index in [2.05, 4.69) is 10.6 Å². The Morgan fingerprint density at radius 3 is 3.05 bits per heavy atom. The van der Waals surface area contributed by atoms with Crippen LogP contribution in [-0.2, 0) is 4.79 Å². The number of rotatable bonds is 5. The van der Waals surface area contributed by atoms with Crippen molar-refractivity contribution < 1.29 is 9.53 Å². The number of carbonyl (C=O) groups excluding carboxylic acids is 1. The number of hydrogen-bond donors (Lipinski definition) is 2. The molecule has 1 fully saturated rings. The molecule has 19 heavy (non-hydrogen) atoms. The highest BCUT2D eigenvalue weighted by molar-refractivity contribution is 6.32. The van der Waals surface area contributed by atoms with Gasteiger partial charge in [0.15, 0.2) is 0 Å². The lowest BCUT2D eigenvalue weighted by Gasteiger charge is -2.12. The van der Waals surface area contributed by atoms with E-state index in [9.17, 15) is 4.79 Å². The smallest absolute Gasteiger partial charge is 0.241 e. The highest BCUT2D eigenvalue weighted by Crippen LogP contribution is 2.28. The van der Waals surface area contributed by atoms with Crippen molar-refractivity contribution in [2.75, 3.05) is 18.5 Å². The molecular formula is C14H19ClN2O2. The second-order valence-corrected chi connectivity index (χ2v) is 5.04. The van der Waals surface area contributed by atoms with Crippen molar-refractivity contribution in [2.45, 2.75) is 32.2 Å². The fourth-order valence-corrected chi connectivity index (χ4v) is 2.28. The Morgan fingerprint density at radius 2 is 2.42 bits per heavy atom. The number of ether oxygens (including phenoxy) is 1. The van der Waals surface area contributed by atoms with E-state index in [1.807, 2.05) is 13.0 Å². The normalized spacial score (nSPS) is 18.3. The molecule has 104 valence electrons. The molecular weight excluding hydrogens is 264 g/mol. The van der Waals surface area contributed by atoms with Gasteiger partial charge in [-0.3, -0.25) is 4.79 Å². The third kappa shape index (κ3) is 3.85. The summed E-state index contributed by atoms with van der Waals surface area (Å²) in [7, 11) is 0.